The van der Waals surface area contributed by atoms with Crippen molar-refractivity contribution in [2.24, 2.45) is 5.10 Å². The molecule has 48 valence electrons. The van der Waals surface area contributed by atoms with Crippen LogP contribution in [-0.4, -0.2) is 18.3 Å². The van der Waals surface area contributed by atoms with E-state index in [4.69, 9.17) is 0 Å². The first-order valence-corrected chi connectivity index (χ1v) is 2.91. The van der Waals surface area contributed by atoms with Gasteiger partial charge < -0.3 is 0 Å². The predicted octanol–water partition coefficient (Wildman–Crippen LogP) is 1.38. The SMILES string of the molecule is CC1=CC=CN(C)N=C1. The minimum Gasteiger partial charge on any atom is -0.276 e. The lowest BCUT2D eigenvalue weighted by molar-refractivity contribution is 0.494. The molecule has 1 aliphatic rings. The Hall–Kier alpha value is -1.05. The third-order valence-corrected chi connectivity index (χ3v) is 1.10. The van der Waals surface area contributed by atoms with E-state index in [1.165, 1.54) is 5.57 Å². The maximum Gasteiger partial charge on any atom is 0.0503 e. The summed E-state index contributed by atoms with van der Waals surface area (Å²) in [5.74, 6) is 0. The molecule has 0 unspecified atom stereocenters. The molecule has 0 amide bonds. The summed E-state index contributed by atoms with van der Waals surface area (Å²) in [6, 6.07) is 0. The summed E-state index contributed by atoms with van der Waals surface area (Å²) in [4.78, 5) is 0. The Morgan fingerprint density at radius 1 is 1.56 bits per heavy atom. The summed E-state index contributed by atoms with van der Waals surface area (Å²) in [5, 5.41) is 5.83. The van der Waals surface area contributed by atoms with Gasteiger partial charge in [-0.25, -0.2) is 0 Å². The van der Waals surface area contributed by atoms with Crippen LogP contribution in [0, 0.1) is 0 Å². The van der Waals surface area contributed by atoms with Crippen molar-refractivity contribution >= 4 is 6.21 Å². The topological polar surface area (TPSA) is 15.6 Å². The Balaban J connectivity index is 2.75. The standard InChI is InChI=1S/C7H10N2/c1-7-4-3-5-9(2)8-6-7/h3-6H,1-2H3. The first-order valence-electron chi connectivity index (χ1n) is 2.91. The van der Waals surface area contributed by atoms with Gasteiger partial charge in [0.2, 0.25) is 0 Å². The van der Waals surface area contributed by atoms with Crippen LogP contribution in [-0.2, 0) is 0 Å². The molecular formula is C7H10N2. The summed E-state index contributed by atoms with van der Waals surface area (Å²) in [6.45, 7) is 2.02. The molecule has 1 rings (SSSR count). The van der Waals surface area contributed by atoms with Gasteiger partial charge in [0.15, 0.2) is 0 Å². The molecule has 0 spiro atoms. The van der Waals surface area contributed by atoms with Gasteiger partial charge in [0.25, 0.3) is 0 Å². The number of hydrogen-bond acceptors (Lipinski definition) is 2. The minimum atomic E-state index is 1.18. The van der Waals surface area contributed by atoms with Crippen LogP contribution in [0.15, 0.2) is 29.0 Å². The summed E-state index contributed by atoms with van der Waals surface area (Å²) in [6.07, 6.45) is 7.74. The van der Waals surface area contributed by atoms with Crippen LogP contribution in [0.5, 0.6) is 0 Å². The normalized spacial score (nSPS) is 17.6. The second kappa shape index (κ2) is 2.49. The molecule has 2 nitrogen and oxygen atoms in total. The predicted molar refractivity (Wildman–Crippen MR) is 39.2 cm³/mol. The molecular weight excluding hydrogens is 112 g/mol. The van der Waals surface area contributed by atoms with Gasteiger partial charge in [-0.2, -0.15) is 5.10 Å². The van der Waals surface area contributed by atoms with E-state index < -0.39 is 0 Å². The Bertz CT molecular complexity index is 177. The van der Waals surface area contributed by atoms with Crippen molar-refractivity contribution in [2.75, 3.05) is 7.05 Å². The third kappa shape index (κ3) is 1.72. The molecule has 0 atom stereocenters. The molecule has 0 aromatic carbocycles. The summed E-state index contributed by atoms with van der Waals surface area (Å²) >= 11 is 0. The van der Waals surface area contributed by atoms with Gasteiger partial charge in [0, 0.05) is 13.2 Å². The fraction of sp³-hybridized carbons (Fsp3) is 0.286. The van der Waals surface area contributed by atoms with Crippen molar-refractivity contribution in [3.8, 4) is 0 Å². The molecule has 1 heterocycles. The number of hydrogen-bond donors (Lipinski definition) is 0. The Morgan fingerprint density at radius 3 is 3.11 bits per heavy atom. The van der Waals surface area contributed by atoms with E-state index in [1.807, 2.05) is 38.5 Å². The minimum absolute atomic E-state index is 1.18. The highest BCUT2D eigenvalue weighted by Crippen LogP contribution is 1.96. The van der Waals surface area contributed by atoms with Crippen LogP contribution >= 0.6 is 0 Å². The zero-order valence-electron chi connectivity index (χ0n) is 5.70. The average Bonchev–Trinajstić information content (AvgIpc) is 1.97. The fourth-order valence-electron chi connectivity index (χ4n) is 0.583. The lowest BCUT2D eigenvalue weighted by Crippen LogP contribution is -1.99. The third-order valence-electron chi connectivity index (χ3n) is 1.10. The van der Waals surface area contributed by atoms with Crippen molar-refractivity contribution in [1.82, 2.24) is 5.01 Å². The molecule has 0 aromatic rings. The van der Waals surface area contributed by atoms with Gasteiger partial charge >= 0.3 is 0 Å². The molecule has 0 aromatic heterocycles. The zero-order valence-corrected chi connectivity index (χ0v) is 5.70. The van der Waals surface area contributed by atoms with Gasteiger partial charge in [-0.3, -0.25) is 5.01 Å². The highest BCUT2D eigenvalue weighted by molar-refractivity contribution is 5.78. The molecule has 1 aliphatic heterocycles. The number of rotatable bonds is 0. The van der Waals surface area contributed by atoms with Crippen LogP contribution in [0.4, 0.5) is 0 Å². The number of hydrazone groups is 1. The number of nitrogens with zero attached hydrogens (tertiary/aromatic N) is 2. The van der Waals surface area contributed by atoms with E-state index in [0.29, 0.717) is 0 Å². The van der Waals surface area contributed by atoms with Crippen molar-refractivity contribution < 1.29 is 0 Å². The largest absolute Gasteiger partial charge is 0.276 e. The zero-order chi connectivity index (χ0) is 6.69. The number of allylic oxidation sites excluding steroid dienone is 3. The Labute approximate surface area is 55.2 Å². The van der Waals surface area contributed by atoms with E-state index >= 15 is 0 Å². The molecule has 0 radical (unpaired) electrons. The van der Waals surface area contributed by atoms with E-state index in [9.17, 15) is 0 Å². The smallest absolute Gasteiger partial charge is 0.0503 e. The van der Waals surface area contributed by atoms with E-state index in [0.717, 1.165) is 0 Å². The van der Waals surface area contributed by atoms with Gasteiger partial charge in [0.05, 0.1) is 6.21 Å². The van der Waals surface area contributed by atoms with Gasteiger partial charge in [-0.1, -0.05) is 6.08 Å². The van der Waals surface area contributed by atoms with Gasteiger partial charge in [0.1, 0.15) is 0 Å². The summed E-state index contributed by atoms with van der Waals surface area (Å²) < 4.78 is 0. The molecule has 9 heavy (non-hydrogen) atoms. The molecule has 0 fully saturated rings. The van der Waals surface area contributed by atoms with Crippen LogP contribution in [0.1, 0.15) is 6.92 Å². The van der Waals surface area contributed by atoms with Crippen LogP contribution < -0.4 is 0 Å². The molecule has 0 aliphatic carbocycles. The van der Waals surface area contributed by atoms with Crippen LogP contribution in [0.2, 0.25) is 0 Å². The fourth-order valence-corrected chi connectivity index (χ4v) is 0.583. The van der Waals surface area contributed by atoms with Crippen LogP contribution in [0.3, 0.4) is 0 Å². The summed E-state index contributed by atoms with van der Waals surface area (Å²) in [5.41, 5.74) is 1.18. The lowest BCUT2D eigenvalue weighted by atomic mass is 10.3. The lowest BCUT2D eigenvalue weighted by Gasteiger charge is -2.01. The average molecular weight is 122 g/mol. The molecule has 0 N–H and O–H groups in total. The van der Waals surface area contributed by atoms with Crippen molar-refractivity contribution in [3.05, 3.63) is 23.9 Å². The van der Waals surface area contributed by atoms with Crippen molar-refractivity contribution in [1.29, 1.82) is 0 Å². The second-order valence-corrected chi connectivity index (χ2v) is 2.07. The van der Waals surface area contributed by atoms with Gasteiger partial charge in [-0.15, -0.1) is 0 Å². The highest BCUT2D eigenvalue weighted by Gasteiger charge is 1.87. The van der Waals surface area contributed by atoms with Crippen molar-refractivity contribution in [2.45, 2.75) is 6.92 Å². The first-order chi connectivity index (χ1) is 4.29. The Morgan fingerprint density at radius 2 is 2.33 bits per heavy atom. The van der Waals surface area contributed by atoms with Gasteiger partial charge in [-0.05, 0) is 18.6 Å². The van der Waals surface area contributed by atoms with Crippen molar-refractivity contribution in [3.63, 3.8) is 0 Å². The molecule has 0 saturated carbocycles. The monoisotopic (exact) mass is 122 g/mol. The van der Waals surface area contributed by atoms with Crippen LogP contribution in [0.25, 0.3) is 0 Å². The molecule has 2 heteroatoms. The van der Waals surface area contributed by atoms with E-state index in [2.05, 4.69) is 5.10 Å². The van der Waals surface area contributed by atoms with E-state index in [1.54, 1.807) is 5.01 Å². The first kappa shape index (κ1) is 6.08. The maximum atomic E-state index is 4.06. The van der Waals surface area contributed by atoms with E-state index in [-0.39, 0.29) is 0 Å². The molecule has 0 saturated heterocycles. The quantitative estimate of drug-likeness (QED) is 0.474. The highest BCUT2D eigenvalue weighted by atomic mass is 15.4. The Kier molecular flexibility index (Phi) is 1.68. The second-order valence-electron chi connectivity index (χ2n) is 2.07. The molecule has 0 bridgehead atoms. The summed E-state index contributed by atoms with van der Waals surface area (Å²) in [7, 11) is 1.90. The maximum absolute atomic E-state index is 4.06.